The topological polar surface area (TPSA) is 40.1 Å². The summed E-state index contributed by atoms with van der Waals surface area (Å²) in [7, 11) is 2.84. The maximum atomic E-state index is 12.5. The standard InChI is InChI=1S/C9H14F5NO2/c1-15(2,6-7(16)17)5-3-4-8(10,11)9(12,13)14/h3-6H2,1-2H3. The van der Waals surface area contributed by atoms with E-state index in [2.05, 4.69) is 0 Å². The minimum atomic E-state index is -5.56. The SMILES string of the molecule is C[N+](C)(CCCC(F)(F)C(F)(F)F)CC(=O)[O-]. The molecular weight excluding hydrogens is 249 g/mol. The molecule has 8 heteroatoms. The highest BCUT2D eigenvalue weighted by molar-refractivity contribution is 5.65. The molecule has 0 N–H and O–H groups in total. The van der Waals surface area contributed by atoms with Crippen LogP contribution in [0.3, 0.4) is 0 Å². The van der Waals surface area contributed by atoms with Gasteiger partial charge in [-0.1, -0.05) is 0 Å². The number of halogens is 5. The van der Waals surface area contributed by atoms with Gasteiger partial charge in [0.05, 0.1) is 26.6 Å². The van der Waals surface area contributed by atoms with E-state index in [0.29, 0.717) is 0 Å². The van der Waals surface area contributed by atoms with Crippen molar-refractivity contribution in [2.45, 2.75) is 24.9 Å². The molecule has 0 aliphatic carbocycles. The Balaban J connectivity index is 4.20. The summed E-state index contributed by atoms with van der Waals surface area (Å²) in [5, 5.41) is 10.3. The quantitative estimate of drug-likeness (QED) is 0.525. The molecule has 0 fully saturated rings. The normalized spacial score (nSPS) is 13.8. The Kier molecular flexibility index (Phi) is 4.88. The van der Waals surface area contributed by atoms with Gasteiger partial charge in [0.2, 0.25) is 0 Å². The van der Waals surface area contributed by atoms with Crippen molar-refractivity contribution in [3.8, 4) is 0 Å². The number of hydrogen-bond donors (Lipinski definition) is 0. The predicted octanol–water partition coefficient (Wildman–Crippen LogP) is 0.790. The average molecular weight is 263 g/mol. The Morgan fingerprint density at radius 3 is 2.00 bits per heavy atom. The van der Waals surface area contributed by atoms with Crippen LogP contribution >= 0.6 is 0 Å². The number of carboxylic acids is 1. The molecule has 0 saturated carbocycles. The van der Waals surface area contributed by atoms with Gasteiger partial charge in [0.15, 0.2) is 0 Å². The molecule has 3 nitrogen and oxygen atoms in total. The molecule has 0 spiro atoms. The van der Waals surface area contributed by atoms with Crippen LogP contribution < -0.4 is 5.11 Å². The number of likely N-dealkylation sites (N-methyl/N-ethyl adjacent to an activating group) is 1. The van der Waals surface area contributed by atoms with Gasteiger partial charge in [-0.3, -0.25) is 0 Å². The Labute approximate surface area is 95.4 Å². The van der Waals surface area contributed by atoms with Gasteiger partial charge in [-0.15, -0.1) is 0 Å². The summed E-state index contributed by atoms with van der Waals surface area (Å²) in [5.41, 5.74) is 0. The molecule has 0 aromatic rings. The van der Waals surface area contributed by atoms with Crippen molar-refractivity contribution in [3.05, 3.63) is 0 Å². The van der Waals surface area contributed by atoms with Crippen molar-refractivity contribution in [1.29, 1.82) is 0 Å². The molecule has 0 bridgehead atoms. The van der Waals surface area contributed by atoms with Gasteiger partial charge >= 0.3 is 12.1 Å². The third kappa shape index (κ3) is 5.81. The number of hydrogen-bond acceptors (Lipinski definition) is 2. The predicted molar refractivity (Wildman–Crippen MR) is 47.1 cm³/mol. The van der Waals surface area contributed by atoms with Crippen molar-refractivity contribution < 1.29 is 36.3 Å². The third-order valence-electron chi connectivity index (χ3n) is 2.23. The lowest BCUT2D eigenvalue weighted by atomic mass is 10.1. The van der Waals surface area contributed by atoms with E-state index in [0.717, 1.165) is 0 Å². The first-order valence-electron chi connectivity index (χ1n) is 4.84. The summed E-state index contributed by atoms with van der Waals surface area (Å²) in [6.45, 7) is -0.531. The van der Waals surface area contributed by atoms with E-state index in [4.69, 9.17) is 0 Å². The zero-order valence-electron chi connectivity index (χ0n) is 9.48. The van der Waals surface area contributed by atoms with Gasteiger partial charge in [0.1, 0.15) is 6.54 Å². The van der Waals surface area contributed by atoms with Crippen molar-refractivity contribution >= 4 is 5.97 Å². The fourth-order valence-corrected chi connectivity index (χ4v) is 1.30. The second-order valence-electron chi connectivity index (χ2n) is 4.50. The Morgan fingerprint density at radius 2 is 1.65 bits per heavy atom. The number of quaternary nitrogens is 1. The number of alkyl halides is 5. The van der Waals surface area contributed by atoms with Gasteiger partial charge in [-0.25, -0.2) is 0 Å². The van der Waals surface area contributed by atoms with Crippen LogP contribution in [-0.2, 0) is 4.79 Å². The molecule has 0 aromatic carbocycles. The number of aliphatic carboxylic acids is 1. The molecule has 0 radical (unpaired) electrons. The van der Waals surface area contributed by atoms with E-state index < -0.39 is 37.5 Å². The highest BCUT2D eigenvalue weighted by Crippen LogP contribution is 2.38. The molecule has 0 aliphatic rings. The van der Waals surface area contributed by atoms with Crippen LogP contribution in [0.15, 0.2) is 0 Å². The number of carboxylic acid groups (broad SMARTS) is 1. The van der Waals surface area contributed by atoms with Crippen molar-refractivity contribution in [2.24, 2.45) is 0 Å². The average Bonchev–Trinajstić information content (AvgIpc) is 1.97. The number of nitrogens with zero attached hydrogens (tertiary/aromatic N) is 1. The minimum absolute atomic E-state index is 0.0976. The highest BCUT2D eigenvalue weighted by Gasteiger charge is 2.56. The molecule has 102 valence electrons. The molecular formula is C9H14F5NO2. The van der Waals surface area contributed by atoms with Crippen molar-refractivity contribution in [3.63, 3.8) is 0 Å². The number of carbonyl (C=O) groups excluding carboxylic acids is 1. The summed E-state index contributed by atoms with van der Waals surface area (Å²) < 4.78 is 60.2. The maximum Gasteiger partial charge on any atom is 0.453 e. The first-order chi connectivity index (χ1) is 7.37. The van der Waals surface area contributed by atoms with Gasteiger partial charge < -0.3 is 14.4 Å². The van der Waals surface area contributed by atoms with E-state index in [-0.39, 0.29) is 11.0 Å². The Bertz CT molecular complexity index is 275. The third-order valence-corrected chi connectivity index (χ3v) is 2.23. The zero-order valence-corrected chi connectivity index (χ0v) is 9.48. The second-order valence-corrected chi connectivity index (χ2v) is 4.50. The van der Waals surface area contributed by atoms with Crippen LogP contribution in [0.1, 0.15) is 12.8 Å². The van der Waals surface area contributed by atoms with Gasteiger partial charge in [0.25, 0.3) is 0 Å². The van der Waals surface area contributed by atoms with Crippen LogP contribution in [0, 0.1) is 0 Å². The van der Waals surface area contributed by atoms with E-state index in [1.54, 1.807) is 0 Å². The second kappa shape index (κ2) is 5.16. The summed E-state index contributed by atoms with van der Waals surface area (Å²) >= 11 is 0. The fraction of sp³-hybridized carbons (Fsp3) is 0.889. The maximum absolute atomic E-state index is 12.5. The minimum Gasteiger partial charge on any atom is -0.544 e. The first kappa shape index (κ1) is 16.1. The number of carbonyl (C=O) groups is 1. The van der Waals surface area contributed by atoms with E-state index in [9.17, 15) is 31.9 Å². The van der Waals surface area contributed by atoms with Gasteiger partial charge in [0, 0.05) is 12.8 Å². The first-order valence-corrected chi connectivity index (χ1v) is 4.84. The molecule has 0 amide bonds. The largest absolute Gasteiger partial charge is 0.544 e. The molecule has 0 aromatic heterocycles. The summed E-state index contributed by atoms with van der Waals surface area (Å²) in [5.74, 6) is -6.10. The summed E-state index contributed by atoms with van der Waals surface area (Å²) in [4.78, 5) is 10.3. The molecule has 17 heavy (non-hydrogen) atoms. The zero-order chi connectivity index (χ0) is 13.9. The van der Waals surface area contributed by atoms with E-state index >= 15 is 0 Å². The van der Waals surface area contributed by atoms with Crippen LogP contribution in [0.4, 0.5) is 22.0 Å². The monoisotopic (exact) mass is 263 g/mol. The van der Waals surface area contributed by atoms with Crippen LogP contribution in [-0.4, -0.2) is 49.7 Å². The summed E-state index contributed by atoms with van der Waals surface area (Å²) in [6, 6.07) is 0. The molecule has 0 unspecified atom stereocenters. The van der Waals surface area contributed by atoms with Crippen LogP contribution in [0.5, 0.6) is 0 Å². The highest BCUT2D eigenvalue weighted by atomic mass is 19.4. The van der Waals surface area contributed by atoms with Crippen molar-refractivity contribution in [1.82, 2.24) is 0 Å². The lowest BCUT2D eigenvalue weighted by Gasteiger charge is -2.30. The smallest absolute Gasteiger partial charge is 0.453 e. The van der Waals surface area contributed by atoms with E-state index in [1.165, 1.54) is 14.1 Å². The molecule has 0 heterocycles. The number of rotatable bonds is 6. The van der Waals surface area contributed by atoms with Gasteiger partial charge in [-0.05, 0) is 0 Å². The molecule has 0 saturated heterocycles. The lowest BCUT2D eigenvalue weighted by molar-refractivity contribution is -0.885. The van der Waals surface area contributed by atoms with Crippen molar-refractivity contribution in [2.75, 3.05) is 27.2 Å². The Morgan fingerprint density at radius 1 is 1.18 bits per heavy atom. The molecule has 0 atom stereocenters. The fourth-order valence-electron chi connectivity index (χ4n) is 1.30. The molecule has 0 aliphatic heterocycles. The van der Waals surface area contributed by atoms with Crippen LogP contribution in [0.25, 0.3) is 0 Å². The van der Waals surface area contributed by atoms with Crippen LogP contribution in [0.2, 0.25) is 0 Å². The van der Waals surface area contributed by atoms with Gasteiger partial charge in [-0.2, -0.15) is 22.0 Å². The lowest BCUT2D eigenvalue weighted by Crippen LogP contribution is -2.49. The Hall–Kier alpha value is -0.920. The molecule has 0 rings (SSSR count). The van der Waals surface area contributed by atoms with E-state index in [1.807, 2.05) is 0 Å². The summed E-state index contributed by atoms with van der Waals surface area (Å²) in [6.07, 6.45) is -7.32.